The van der Waals surface area contributed by atoms with Crippen LogP contribution in [0.15, 0.2) is 82.6 Å². The number of carbonyl (C=O) groups is 2. The van der Waals surface area contributed by atoms with Gasteiger partial charge in [-0.05, 0) is 48.5 Å². The molecule has 0 saturated carbocycles. The summed E-state index contributed by atoms with van der Waals surface area (Å²) in [7, 11) is -6.88. The summed E-state index contributed by atoms with van der Waals surface area (Å²) in [5.74, 6) is -1.88. The molecule has 1 heterocycles. The Morgan fingerprint density at radius 2 is 1.02 bits per heavy atom. The van der Waals surface area contributed by atoms with Crippen molar-refractivity contribution in [2.45, 2.75) is 9.79 Å². The molecule has 2 amide bonds. The van der Waals surface area contributed by atoms with Gasteiger partial charge in [-0.15, -0.1) is 11.3 Å². The van der Waals surface area contributed by atoms with Gasteiger partial charge in [0.2, 0.25) is 0 Å². The van der Waals surface area contributed by atoms with Gasteiger partial charge in [-0.25, -0.2) is 0 Å². The molecule has 4 aromatic carbocycles. The number of thiophene rings is 1. The van der Waals surface area contributed by atoms with Crippen LogP contribution >= 0.6 is 11.3 Å². The van der Waals surface area contributed by atoms with Crippen LogP contribution in [0.3, 0.4) is 0 Å². The van der Waals surface area contributed by atoms with Gasteiger partial charge in [-0.1, -0.05) is 24.3 Å². The second kappa shape index (κ2) is 16.7. The summed E-state index contributed by atoms with van der Waals surface area (Å²) in [5, 5.41) is 7.18. The molecule has 19 heteroatoms. The minimum absolute atomic E-state index is 0. The van der Waals surface area contributed by atoms with E-state index in [1.807, 2.05) is 0 Å². The first-order valence-corrected chi connectivity index (χ1v) is 15.9. The molecule has 0 unspecified atom stereocenters. The number of anilines is 2. The van der Waals surface area contributed by atoms with Crippen molar-refractivity contribution in [3.8, 4) is 11.5 Å². The van der Waals surface area contributed by atoms with E-state index in [2.05, 4.69) is 10.6 Å². The Morgan fingerprint density at radius 1 is 0.660 bits per heavy atom. The summed E-state index contributed by atoms with van der Waals surface area (Å²) < 4.78 is 77.5. The minimum atomic E-state index is -4.63. The fourth-order valence-electron chi connectivity index (χ4n) is 4.55. The molecule has 8 N–H and O–H groups in total. The number of nitrogens with one attached hydrogen (secondary N) is 2. The summed E-state index contributed by atoms with van der Waals surface area (Å²) in [6, 6.07) is 18.0. The molecule has 0 radical (unpaired) electrons. The number of fused-ring (bicyclic) bond motifs is 3. The smallest absolute Gasteiger partial charge is 1.00 e. The molecule has 0 aliphatic carbocycles. The van der Waals surface area contributed by atoms with Crippen LogP contribution in [0, 0.1) is 0 Å². The zero-order valence-electron chi connectivity index (χ0n) is 27.3. The Balaban J connectivity index is 0. The topological polar surface area (TPSA) is 248 Å². The van der Waals surface area contributed by atoms with E-state index in [0.29, 0.717) is 11.4 Å². The van der Waals surface area contributed by atoms with E-state index in [9.17, 15) is 35.5 Å². The van der Waals surface area contributed by atoms with Gasteiger partial charge in [0.05, 0.1) is 25.3 Å². The number of hydrogen-bond acceptors (Lipinski definition) is 9. The third kappa shape index (κ3) is 8.90. The summed E-state index contributed by atoms with van der Waals surface area (Å²) >= 11 is 1.39. The predicted molar refractivity (Wildman–Crippen MR) is 170 cm³/mol. The van der Waals surface area contributed by atoms with E-state index in [4.69, 9.17) is 9.47 Å². The number of rotatable bonds is 8. The number of hydrogen-bond donors (Lipinski definition) is 4. The van der Waals surface area contributed by atoms with Gasteiger partial charge in [0.25, 0.3) is 32.1 Å². The molecular weight excluding hydrogens is 698 g/mol. The predicted octanol–water partition coefficient (Wildman–Crippen LogP) is -2.35. The van der Waals surface area contributed by atoms with Gasteiger partial charge in [-0.2, -0.15) is 16.8 Å². The molecule has 0 bridgehead atoms. The fraction of sp³-hybridized carbons (Fsp3) is 0.0714. The Kier molecular flexibility index (Phi) is 15.0. The normalized spacial score (nSPS) is 10.8. The maximum atomic E-state index is 13.0. The van der Waals surface area contributed by atoms with Gasteiger partial charge in [0, 0.05) is 31.5 Å². The van der Waals surface area contributed by atoms with Crippen LogP contribution in [0.25, 0.3) is 20.2 Å². The largest absolute Gasteiger partial charge is 1.00 e. The van der Waals surface area contributed by atoms with Crippen molar-refractivity contribution in [2.75, 3.05) is 24.9 Å². The molecule has 0 atom stereocenters. The number of ether oxygens (including phenoxy) is 2. The maximum absolute atomic E-state index is 13.0. The average Bonchev–Trinajstić information content (AvgIpc) is 3.32. The SMILES string of the molecule is COc1c(C(=O)Nc2ccc3c(c2)sc2cc(NC(=O)c4cccc(S(=O)(=O)O)c4OC)ccc23)cccc1S(=O)(=O)O.O.O.[H-].[H-].[Na+].[Na+]. The van der Waals surface area contributed by atoms with Gasteiger partial charge >= 0.3 is 59.1 Å². The Labute approximate surface area is 320 Å². The zero-order valence-corrected chi connectivity index (χ0v) is 31.8. The zero-order chi connectivity index (χ0) is 31.1. The molecular formula is C28H28N2Na2O12S3. The molecule has 5 aromatic rings. The number of methoxy groups -OCH3 is 2. The summed E-state index contributed by atoms with van der Waals surface area (Å²) in [4.78, 5) is 24.9. The fourth-order valence-corrected chi connectivity index (χ4v) is 7.09. The van der Waals surface area contributed by atoms with Gasteiger partial charge < -0.3 is 33.9 Å². The van der Waals surface area contributed by atoms with Crippen LogP contribution in [0.4, 0.5) is 11.4 Å². The number of benzene rings is 4. The maximum Gasteiger partial charge on any atom is 1.00 e. The van der Waals surface area contributed by atoms with Crippen molar-refractivity contribution in [2.24, 2.45) is 0 Å². The first-order chi connectivity index (χ1) is 20.3. The van der Waals surface area contributed by atoms with Crippen molar-refractivity contribution < 1.29 is 118 Å². The van der Waals surface area contributed by atoms with Crippen LogP contribution in [0.2, 0.25) is 0 Å². The van der Waals surface area contributed by atoms with Crippen molar-refractivity contribution >= 4 is 74.9 Å². The first-order valence-electron chi connectivity index (χ1n) is 12.2. The number of amides is 2. The van der Waals surface area contributed by atoms with E-state index < -0.39 is 41.8 Å². The van der Waals surface area contributed by atoms with E-state index in [1.54, 1.807) is 36.4 Å². The van der Waals surface area contributed by atoms with Crippen LogP contribution < -0.4 is 79.2 Å². The summed E-state index contributed by atoms with van der Waals surface area (Å²) in [5.41, 5.74) is 0.659. The standard InChI is InChI=1S/C28H22N2O10S3.2Na.2H2O.2H/c1-39-25-19(5-3-7-23(25)42(33,34)35)27(31)29-15-9-11-17-18-12-10-16(14-22(18)41-21(17)13-15)30-28(32)20-6-4-8-24(26(20)40-2)43(36,37)38;;;;;;/h3-14H,1-2H3,(H,29,31)(H,30,32)(H,33,34,35)(H,36,37,38);;;2*1H2;;/q;2*+1;;;2*-1. The molecule has 0 fully saturated rings. The van der Waals surface area contributed by atoms with E-state index in [0.717, 1.165) is 32.3 Å². The van der Waals surface area contributed by atoms with Crippen LogP contribution in [0.1, 0.15) is 23.6 Å². The molecule has 0 saturated heterocycles. The van der Waals surface area contributed by atoms with Gasteiger partial charge in [0.1, 0.15) is 9.79 Å². The Bertz CT molecular complexity index is 2030. The van der Waals surface area contributed by atoms with Crippen molar-refractivity contribution in [3.63, 3.8) is 0 Å². The molecule has 47 heavy (non-hydrogen) atoms. The third-order valence-corrected chi connectivity index (χ3v) is 9.27. The van der Waals surface area contributed by atoms with E-state index in [1.165, 1.54) is 49.8 Å². The summed E-state index contributed by atoms with van der Waals surface area (Å²) in [6.07, 6.45) is 0. The number of para-hydroxylation sites is 2. The third-order valence-electron chi connectivity index (χ3n) is 6.40. The number of carbonyl (C=O) groups excluding carboxylic acids is 2. The first kappa shape index (κ1) is 42.4. The Morgan fingerprint density at radius 3 is 1.34 bits per heavy atom. The second-order valence-electron chi connectivity index (χ2n) is 9.06. The monoisotopic (exact) mass is 726 g/mol. The van der Waals surface area contributed by atoms with Crippen molar-refractivity contribution in [1.82, 2.24) is 0 Å². The molecule has 5 rings (SSSR count). The van der Waals surface area contributed by atoms with E-state index in [-0.39, 0.29) is 95.5 Å². The molecule has 0 spiro atoms. The second-order valence-corrected chi connectivity index (χ2v) is 12.9. The Hall–Kier alpha value is -2.62. The van der Waals surface area contributed by atoms with Crippen molar-refractivity contribution in [3.05, 3.63) is 83.9 Å². The quantitative estimate of drug-likeness (QED) is 0.0980. The average molecular weight is 727 g/mol. The van der Waals surface area contributed by atoms with Crippen molar-refractivity contribution in [1.29, 1.82) is 0 Å². The van der Waals surface area contributed by atoms with Crippen LogP contribution in [-0.4, -0.2) is 62.9 Å². The van der Waals surface area contributed by atoms with Crippen LogP contribution in [0.5, 0.6) is 11.5 Å². The molecule has 0 aliphatic rings. The van der Waals surface area contributed by atoms with Crippen LogP contribution in [-0.2, 0) is 20.2 Å². The van der Waals surface area contributed by atoms with Gasteiger partial charge in [-0.3, -0.25) is 18.7 Å². The van der Waals surface area contributed by atoms with E-state index >= 15 is 0 Å². The molecule has 242 valence electrons. The molecule has 1 aromatic heterocycles. The molecule has 14 nitrogen and oxygen atoms in total. The summed E-state index contributed by atoms with van der Waals surface area (Å²) in [6.45, 7) is 0. The minimum Gasteiger partial charge on any atom is -1.00 e. The molecule has 0 aliphatic heterocycles. The van der Waals surface area contributed by atoms with Gasteiger partial charge in [0.15, 0.2) is 11.5 Å².